The van der Waals surface area contributed by atoms with E-state index in [-0.39, 0.29) is 11.4 Å². The van der Waals surface area contributed by atoms with Gasteiger partial charge in [-0.2, -0.15) is 0 Å². The molecule has 0 saturated heterocycles. The van der Waals surface area contributed by atoms with Gasteiger partial charge in [0.05, 0.1) is 17.2 Å². The summed E-state index contributed by atoms with van der Waals surface area (Å²) in [6.07, 6.45) is 1.92. The quantitative estimate of drug-likeness (QED) is 0.697. The van der Waals surface area contributed by atoms with Crippen molar-refractivity contribution in [3.63, 3.8) is 0 Å². The van der Waals surface area contributed by atoms with Gasteiger partial charge < -0.3 is 10.1 Å². The van der Waals surface area contributed by atoms with Crippen LogP contribution >= 0.6 is 11.8 Å². The first-order valence-electron chi connectivity index (χ1n) is 8.03. The maximum absolute atomic E-state index is 13.2. The molecule has 2 aromatic carbocycles. The second-order valence-corrected chi connectivity index (χ2v) is 8.00. The third kappa shape index (κ3) is 4.50. The molecule has 6 nitrogen and oxygen atoms in total. The number of ether oxygens (including phenoxy) is 1. The summed E-state index contributed by atoms with van der Waals surface area (Å²) in [5.74, 6) is -0.0103. The molecule has 0 aliphatic carbocycles. The van der Waals surface area contributed by atoms with Gasteiger partial charge in [0.1, 0.15) is 12.3 Å². The zero-order valence-electron chi connectivity index (χ0n) is 14.9. The molecule has 0 atom stereocenters. The fourth-order valence-corrected chi connectivity index (χ4v) is 4.16. The molecule has 0 radical (unpaired) electrons. The first-order valence-corrected chi connectivity index (χ1v) is 10.7. The molecular weight excluding hydrogens is 372 g/mol. The zero-order valence-corrected chi connectivity index (χ0v) is 16.6. The fraction of sp³-hybridized carbons (Fsp3) is 0.278. The Labute approximate surface area is 158 Å². The third-order valence-corrected chi connectivity index (χ3v) is 6.16. The molecule has 0 aliphatic heterocycles. The van der Waals surface area contributed by atoms with Crippen LogP contribution in [-0.4, -0.2) is 40.8 Å². The van der Waals surface area contributed by atoms with E-state index in [4.69, 9.17) is 4.74 Å². The van der Waals surface area contributed by atoms with Gasteiger partial charge >= 0.3 is 0 Å². The number of thioether (sulfide) groups is 1. The first-order chi connectivity index (χ1) is 12.4. The molecule has 2 rings (SSSR count). The Balaban J connectivity index is 2.54. The number of benzene rings is 2. The van der Waals surface area contributed by atoms with Crippen molar-refractivity contribution < 1.29 is 17.9 Å². The van der Waals surface area contributed by atoms with Crippen LogP contribution in [0.2, 0.25) is 0 Å². The maximum atomic E-state index is 13.2. The van der Waals surface area contributed by atoms with E-state index >= 15 is 0 Å². The van der Waals surface area contributed by atoms with Crippen LogP contribution < -0.4 is 14.4 Å². The lowest BCUT2D eigenvalue weighted by Gasteiger charge is -2.25. The standard InChI is InChI=1S/C18H22N2O4S2/c1-4-24-17-8-6-5-7-16(17)20(13-18(21)19-2)26(22,23)15-11-9-14(25-3)10-12-15/h5-12H,4,13H2,1-3H3,(H,19,21). The molecule has 2 aromatic rings. The molecule has 0 aliphatic rings. The Bertz CT molecular complexity index is 852. The van der Waals surface area contributed by atoms with Crippen molar-refractivity contribution in [3.05, 3.63) is 48.5 Å². The van der Waals surface area contributed by atoms with E-state index in [1.807, 2.05) is 13.2 Å². The lowest BCUT2D eigenvalue weighted by atomic mass is 10.3. The summed E-state index contributed by atoms with van der Waals surface area (Å²) in [7, 11) is -2.47. The van der Waals surface area contributed by atoms with Gasteiger partial charge in [0, 0.05) is 11.9 Å². The van der Waals surface area contributed by atoms with E-state index in [1.165, 1.54) is 18.8 Å². The first kappa shape index (κ1) is 20.1. The van der Waals surface area contributed by atoms with Crippen LogP contribution in [0.5, 0.6) is 5.75 Å². The summed E-state index contributed by atoms with van der Waals surface area (Å²) >= 11 is 1.52. The lowest BCUT2D eigenvalue weighted by molar-refractivity contribution is -0.119. The van der Waals surface area contributed by atoms with E-state index in [0.717, 1.165) is 9.20 Å². The molecule has 0 fully saturated rings. The number of likely N-dealkylation sites (N-methyl/N-ethyl adjacent to an activating group) is 1. The number of nitrogens with one attached hydrogen (secondary N) is 1. The maximum Gasteiger partial charge on any atom is 0.264 e. The molecule has 0 spiro atoms. The normalized spacial score (nSPS) is 11.0. The van der Waals surface area contributed by atoms with Crippen LogP contribution in [0, 0.1) is 0 Å². The number of sulfonamides is 1. The summed E-state index contributed by atoms with van der Waals surface area (Å²) in [6, 6.07) is 13.3. The number of amides is 1. The highest BCUT2D eigenvalue weighted by atomic mass is 32.2. The SMILES string of the molecule is CCOc1ccccc1N(CC(=O)NC)S(=O)(=O)c1ccc(SC)cc1. The fourth-order valence-electron chi connectivity index (χ4n) is 2.32. The van der Waals surface area contributed by atoms with Gasteiger partial charge in [-0.15, -0.1) is 11.8 Å². The van der Waals surface area contributed by atoms with E-state index in [0.29, 0.717) is 18.0 Å². The molecule has 1 amide bonds. The number of para-hydroxylation sites is 2. The van der Waals surface area contributed by atoms with Crippen LogP contribution in [0.25, 0.3) is 0 Å². The van der Waals surface area contributed by atoms with Crippen molar-refractivity contribution in [1.82, 2.24) is 5.32 Å². The minimum atomic E-state index is -3.94. The Kier molecular flexibility index (Phi) is 6.93. The highest BCUT2D eigenvalue weighted by molar-refractivity contribution is 7.98. The van der Waals surface area contributed by atoms with Gasteiger partial charge in [-0.1, -0.05) is 12.1 Å². The van der Waals surface area contributed by atoms with Crippen molar-refractivity contribution >= 4 is 33.4 Å². The molecule has 8 heteroatoms. The van der Waals surface area contributed by atoms with E-state index in [1.54, 1.807) is 48.5 Å². The monoisotopic (exact) mass is 394 g/mol. The van der Waals surface area contributed by atoms with E-state index in [2.05, 4.69) is 5.32 Å². The average Bonchev–Trinajstić information content (AvgIpc) is 2.66. The predicted octanol–water partition coefficient (Wildman–Crippen LogP) is 2.75. The predicted molar refractivity (Wildman–Crippen MR) is 104 cm³/mol. The smallest absolute Gasteiger partial charge is 0.264 e. The van der Waals surface area contributed by atoms with Crippen LogP contribution in [0.15, 0.2) is 58.3 Å². The number of anilines is 1. The Morgan fingerprint density at radius 2 is 1.81 bits per heavy atom. The second kappa shape index (κ2) is 8.95. The topological polar surface area (TPSA) is 75.7 Å². The number of rotatable bonds is 8. The summed E-state index contributed by atoms with van der Waals surface area (Å²) < 4.78 is 33.1. The van der Waals surface area contributed by atoms with Crippen LogP contribution in [-0.2, 0) is 14.8 Å². The highest BCUT2D eigenvalue weighted by Gasteiger charge is 2.29. The summed E-state index contributed by atoms with van der Waals surface area (Å²) in [5, 5.41) is 2.47. The lowest BCUT2D eigenvalue weighted by Crippen LogP contribution is -2.40. The molecule has 0 bridgehead atoms. The highest BCUT2D eigenvalue weighted by Crippen LogP contribution is 2.32. The van der Waals surface area contributed by atoms with E-state index < -0.39 is 15.9 Å². The molecule has 140 valence electrons. The molecule has 26 heavy (non-hydrogen) atoms. The minimum absolute atomic E-state index is 0.116. The Morgan fingerprint density at radius 3 is 2.38 bits per heavy atom. The van der Waals surface area contributed by atoms with Gasteiger partial charge in [-0.05, 0) is 49.6 Å². The second-order valence-electron chi connectivity index (χ2n) is 5.26. The van der Waals surface area contributed by atoms with Gasteiger partial charge in [0.2, 0.25) is 5.91 Å². The van der Waals surface area contributed by atoms with Gasteiger partial charge in [-0.25, -0.2) is 8.42 Å². The van der Waals surface area contributed by atoms with Gasteiger partial charge in [0.15, 0.2) is 0 Å². The van der Waals surface area contributed by atoms with Crippen LogP contribution in [0.1, 0.15) is 6.92 Å². The summed E-state index contributed by atoms with van der Waals surface area (Å²) in [5.41, 5.74) is 0.326. The molecular formula is C18H22N2O4S2. The van der Waals surface area contributed by atoms with Crippen molar-refractivity contribution in [3.8, 4) is 5.75 Å². The zero-order chi connectivity index (χ0) is 19.2. The number of hydrogen-bond acceptors (Lipinski definition) is 5. The third-order valence-electron chi connectivity index (χ3n) is 3.65. The van der Waals surface area contributed by atoms with E-state index in [9.17, 15) is 13.2 Å². The Morgan fingerprint density at radius 1 is 1.15 bits per heavy atom. The number of hydrogen-bond donors (Lipinski definition) is 1. The minimum Gasteiger partial charge on any atom is -0.492 e. The summed E-state index contributed by atoms with van der Waals surface area (Å²) in [6.45, 7) is 1.86. The van der Waals surface area contributed by atoms with Crippen LogP contribution in [0.4, 0.5) is 5.69 Å². The number of nitrogens with zero attached hydrogens (tertiary/aromatic N) is 1. The Hall–Kier alpha value is -2.19. The number of carbonyl (C=O) groups excluding carboxylic acids is 1. The van der Waals surface area contributed by atoms with Crippen molar-refractivity contribution in [1.29, 1.82) is 0 Å². The summed E-state index contributed by atoms with van der Waals surface area (Å²) in [4.78, 5) is 13.1. The van der Waals surface area contributed by atoms with Gasteiger partial charge in [-0.3, -0.25) is 9.10 Å². The van der Waals surface area contributed by atoms with Crippen LogP contribution in [0.3, 0.4) is 0 Å². The van der Waals surface area contributed by atoms with Crippen molar-refractivity contribution in [2.45, 2.75) is 16.7 Å². The van der Waals surface area contributed by atoms with Crippen molar-refractivity contribution in [2.24, 2.45) is 0 Å². The molecule has 0 heterocycles. The molecule has 1 N–H and O–H groups in total. The molecule has 0 unspecified atom stereocenters. The molecule has 0 saturated carbocycles. The number of carbonyl (C=O) groups is 1. The van der Waals surface area contributed by atoms with Gasteiger partial charge in [0.25, 0.3) is 10.0 Å². The largest absolute Gasteiger partial charge is 0.492 e. The molecule has 0 aromatic heterocycles. The average molecular weight is 395 g/mol. The van der Waals surface area contributed by atoms with Crippen molar-refractivity contribution in [2.75, 3.05) is 30.8 Å².